The van der Waals surface area contributed by atoms with Crippen molar-refractivity contribution < 1.29 is 8.42 Å². The van der Waals surface area contributed by atoms with E-state index in [-0.39, 0.29) is 4.90 Å². The minimum atomic E-state index is -3.18. The molecule has 0 spiro atoms. The van der Waals surface area contributed by atoms with E-state index < -0.39 is 9.84 Å². The zero-order chi connectivity index (χ0) is 12.3. The van der Waals surface area contributed by atoms with E-state index in [4.69, 9.17) is 5.73 Å². The van der Waals surface area contributed by atoms with E-state index in [1.54, 1.807) is 12.1 Å². The molecule has 0 radical (unpaired) electrons. The third kappa shape index (κ3) is 3.13. The number of benzene rings is 1. The highest BCUT2D eigenvalue weighted by Crippen LogP contribution is 2.23. The van der Waals surface area contributed by atoms with Crippen molar-refractivity contribution in [2.75, 3.05) is 17.3 Å². The fourth-order valence-corrected chi connectivity index (χ4v) is 1.93. The first-order chi connectivity index (χ1) is 7.34. The summed E-state index contributed by atoms with van der Waals surface area (Å²) in [6.45, 7) is 4.11. The lowest BCUT2D eigenvalue weighted by Crippen LogP contribution is -2.14. The number of hydrogen-bond acceptors (Lipinski definition) is 4. The Balaban J connectivity index is 3.01. The summed E-state index contributed by atoms with van der Waals surface area (Å²) in [5, 5.41) is 3.22. The Morgan fingerprint density at radius 2 is 2.06 bits per heavy atom. The van der Waals surface area contributed by atoms with Gasteiger partial charge in [0.25, 0.3) is 0 Å². The van der Waals surface area contributed by atoms with Gasteiger partial charge in [0.1, 0.15) is 0 Å². The number of sulfone groups is 1. The topological polar surface area (TPSA) is 72.2 Å². The van der Waals surface area contributed by atoms with Gasteiger partial charge in [-0.25, -0.2) is 8.42 Å². The molecule has 4 nitrogen and oxygen atoms in total. The zero-order valence-electron chi connectivity index (χ0n) is 9.82. The maximum absolute atomic E-state index is 11.3. The van der Waals surface area contributed by atoms with Crippen LogP contribution in [-0.4, -0.2) is 20.7 Å². The van der Waals surface area contributed by atoms with Gasteiger partial charge >= 0.3 is 0 Å². The van der Waals surface area contributed by atoms with Crippen LogP contribution in [0, 0.1) is 0 Å². The van der Waals surface area contributed by atoms with E-state index in [1.807, 2.05) is 6.92 Å². The highest BCUT2D eigenvalue weighted by atomic mass is 32.2. The summed E-state index contributed by atoms with van der Waals surface area (Å²) >= 11 is 0. The van der Waals surface area contributed by atoms with Crippen LogP contribution in [-0.2, 0) is 9.84 Å². The van der Waals surface area contributed by atoms with Gasteiger partial charge in [0.05, 0.1) is 16.3 Å². The predicted octanol–water partition coefficient (Wildman–Crippen LogP) is 1.88. The van der Waals surface area contributed by atoms with Gasteiger partial charge in [-0.3, -0.25) is 0 Å². The molecular weight excluding hydrogens is 224 g/mol. The first-order valence-corrected chi connectivity index (χ1v) is 7.10. The molecule has 16 heavy (non-hydrogen) atoms. The Hall–Kier alpha value is -1.23. The Kier molecular flexibility index (Phi) is 3.80. The highest BCUT2D eigenvalue weighted by Gasteiger charge is 2.10. The van der Waals surface area contributed by atoms with E-state index in [1.165, 1.54) is 12.3 Å². The molecule has 90 valence electrons. The lowest BCUT2D eigenvalue weighted by atomic mass is 10.2. The molecule has 0 bridgehead atoms. The van der Waals surface area contributed by atoms with Crippen LogP contribution < -0.4 is 11.1 Å². The number of rotatable bonds is 4. The number of nitrogens with two attached hydrogens (primary N) is 1. The van der Waals surface area contributed by atoms with Crippen molar-refractivity contribution in [3.63, 3.8) is 0 Å². The van der Waals surface area contributed by atoms with Crippen LogP contribution in [0.15, 0.2) is 23.1 Å². The van der Waals surface area contributed by atoms with E-state index in [9.17, 15) is 8.42 Å². The third-order valence-corrected chi connectivity index (χ3v) is 3.58. The second kappa shape index (κ2) is 4.74. The van der Waals surface area contributed by atoms with E-state index in [2.05, 4.69) is 12.2 Å². The first kappa shape index (κ1) is 12.8. The van der Waals surface area contributed by atoms with Crippen LogP contribution in [0.5, 0.6) is 0 Å². The standard InChI is InChI=1S/C11H18N2O2S/c1-4-8(2)13-11-6-5-9(7-10(11)12)16(3,14)15/h5-8,13H,4,12H2,1-3H3. The van der Waals surface area contributed by atoms with E-state index in [0.29, 0.717) is 11.7 Å². The molecule has 0 aliphatic heterocycles. The fraction of sp³-hybridized carbons (Fsp3) is 0.455. The van der Waals surface area contributed by atoms with Gasteiger partial charge in [-0.2, -0.15) is 0 Å². The SMILES string of the molecule is CCC(C)Nc1ccc(S(C)(=O)=O)cc1N. The predicted molar refractivity (Wildman–Crippen MR) is 67.3 cm³/mol. The van der Waals surface area contributed by atoms with Crippen molar-refractivity contribution in [3.05, 3.63) is 18.2 Å². The normalized spacial score (nSPS) is 13.4. The molecule has 3 N–H and O–H groups in total. The molecular formula is C11H18N2O2S. The highest BCUT2D eigenvalue weighted by molar-refractivity contribution is 7.90. The zero-order valence-corrected chi connectivity index (χ0v) is 10.6. The molecule has 0 fully saturated rings. The number of nitrogen functional groups attached to an aromatic ring is 1. The summed E-state index contributed by atoms with van der Waals surface area (Å²) < 4.78 is 22.6. The summed E-state index contributed by atoms with van der Waals surface area (Å²) in [4.78, 5) is 0.250. The summed E-state index contributed by atoms with van der Waals surface area (Å²) in [7, 11) is -3.18. The van der Waals surface area contributed by atoms with Crippen molar-refractivity contribution >= 4 is 21.2 Å². The Bertz CT molecular complexity index is 469. The summed E-state index contributed by atoms with van der Waals surface area (Å²) in [6.07, 6.45) is 2.15. The van der Waals surface area contributed by atoms with Crippen LogP contribution in [0.2, 0.25) is 0 Å². The van der Waals surface area contributed by atoms with Gasteiger partial charge in [-0.05, 0) is 31.5 Å². The number of nitrogens with one attached hydrogen (secondary N) is 1. The van der Waals surface area contributed by atoms with E-state index in [0.717, 1.165) is 12.1 Å². The quantitative estimate of drug-likeness (QED) is 0.791. The van der Waals surface area contributed by atoms with Crippen molar-refractivity contribution in [2.45, 2.75) is 31.2 Å². The molecule has 0 aliphatic rings. The maximum Gasteiger partial charge on any atom is 0.175 e. The Morgan fingerprint density at radius 1 is 1.44 bits per heavy atom. The Morgan fingerprint density at radius 3 is 2.50 bits per heavy atom. The lowest BCUT2D eigenvalue weighted by molar-refractivity contribution is 0.602. The molecule has 5 heteroatoms. The first-order valence-electron chi connectivity index (χ1n) is 5.20. The van der Waals surface area contributed by atoms with Gasteiger partial charge < -0.3 is 11.1 Å². The van der Waals surface area contributed by atoms with Gasteiger partial charge in [-0.15, -0.1) is 0 Å². The summed E-state index contributed by atoms with van der Waals surface area (Å²) in [5.41, 5.74) is 7.03. The minimum Gasteiger partial charge on any atom is -0.397 e. The van der Waals surface area contributed by atoms with Crippen molar-refractivity contribution in [1.29, 1.82) is 0 Å². The van der Waals surface area contributed by atoms with Crippen molar-refractivity contribution in [1.82, 2.24) is 0 Å². The number of hydrogen-bond donors (Lipinski definition) is 2. The largest absolute Gasteiger partial charge is 0.397 e. The summed E-state index contributed by atoms with van der Waals surface area (Å²) in [6, 6.07) is 5.07. The van der Waals surface area contributed by atoms with Crippen LogP contribution in [0.4, 0.5) is 11.4 Å². The molecule has 0 aliphatic carbocycles. The fourth-order valence-electron chi connectivity index (χ4n) is 1.27. The van der Waals surface area contributed by atoms with Crippen molar-refractivity contribution in [3.8, 4) is 0 Å². The molecule has 1 rings (SSSR count). The Labute approximate surface area is 96.8 Å². The van der Waals surface area contributed by atoms with Crippen molar-refractivity contribution in [2.24, 2.45) is 0 Å². The molecule has 0 amide bonds. The van der Waals surface area contributed by atoms with Crippen LogP contribution in [0.3, 0.4) is 0 Å². The number of anilines is 2. The molecule has 0 heterocycles. The van der Waals surface area contributed by atoms with Gasteiger partial charge in [0.2, 0.25) is 0 Å². The second-order valence-corrected chi connectivity index (χ2v) is 5.99. The molecule has 0 saturated heterocycles. The average molecular weight is 242 g/mol. The maximum atomic E-state index is 11.3. The van der Waals surface area contributed by atoms with Crippen LogP contribution >= 0.6 is 0 Å². The second-order valence-electron chi connectivity index (χ2n) is 3.97. The smallest absolute Gasteiger partial charge is 0.175 e. The van der Waals surface area contributed by atoms with Gasteiger partial charge in [0, 0.05) is 12.3 Å². The van der Waals surface area contributed by atoms with Gasteiger partial charge in [-0.1, -0.05) is 6.92 Å². The molecule has 1 unspecified atom stereocenters. The molecule has 1 atom stereocenters. The summed E-state index contributed by atoms with van der Waals surface area (Å²) in [5.74, 6) is 0. The minimum absolute atomic E-state index is 0.250. The van der Waals surface area contributed by atoms with Gasteiger partial charge in [0.15, 0.2) is 9.84 Å². The lowest BCUT2D eigenvalue weighted by Gasteiger charge is -2.15. The van der Waals surface area contributed by atoms with Crippen LogP contribution in [0.1, 0.15) is 20.3 Å². The van der Waals surface area contributed by atoms with E-state index >= 15 is 0 Å². The van der Waals surface area contributed by atoms with Crippen LogP contribution in [0.25, 0.3) is 0 Å². The molecule has 1 aromatic rings. The molecule has 1 aromatic carbocycles. The molecule has 0 aromatic heterocycles. The molecule has 0 saturated carbocycles. The average Bonchev–Trinajstić information content (AvgIpc) is 2.19. The monoisotopic (exact) mass is 242 g/mol. The third-order valence-electron chi connectivity index (χ3n) is 2.47.